The molecule has 3 rings (SSSR count). The molecule has 0 aliphatic carbocycles. The second-order valence-corrected chi connectivity index (χ2v) is 7.81. The van der Waals surface area contributed by atoms with Gasteiger partial charge >= 0.3 is 0 Å². The highest BCUT2D eigenvalue weighted by atomic mass is 16.5. The van der Waals surface area contributed by atoms with Crippen LogP contribution in [0.1, 0.15) is 54.1 Å². The summed E-state index contributed by atoms with van der Waals surface area (Å²) in [6.07, 6.45) is 11.8. The number of ketones is 1. The SMILES string of the molecule is CC=Cc1ccc(OCCCCCCOc2ccc(/C=C/C(=O)c3ccccc3)cc2)cc1. The van der Waals surface area contributed by atoms with Gasteiger partial charge in [-0.05, 0) is 74.1 Å². The van der Waals surface area contributed by atoms with E-state index in [2.05, 4.69) is 18.2 Å². The van der Waals surface area contributed by atoms with Gasteiger partial charge < -0.3 is 9.47 Å². The molecule has 0 bridgehead atoms. The lowest BCUT2D eigenvalue weighted by atomic mass is 10.1. The van der Waals surface area contributed by atoms with Crippen LogP contribution in [0.15, 0.2) is 91.0 Å². The van der Waals surface area contributed by atoms with Crippen molar-refractivity contribution in [3.63, 3.8) is 0 Å². The first kappa shape index (κ1) is 24.1. The molecule has 0 fully saturated rings. The summed E-state index contributed by atoms with van der Waals surface area (Å²) in [6, 6.07) is 25.3. The van der Waals surface area contributed by atoms with Gasteiger partial charge in [-0.3, -0.25) is 4.79 Å². The molecule has 170 valence electrons. The molecule has 0 saturated heterocycles. The van der Waals surface area contributed by atoms with Gasteiger partial charge in [0.25, 0.3) is 0 Å². The number of allylic oxidation sites excluding steroid dienone is 2. The van der Waals surface area contributed by atoms with Crippen LogP contribution in [0.2, 0.25) is 0 Å². The lowest BCUT2D eigenvalue weighted by molar-refractivity contribution is 0.104. The van der Waals surface area contributed by atoms with Crippen LogP contribution in [0.3, 0.4) is 0 Å². The predicted molar refractivity (Wildman–Crippen MR) is 137 cm³/mol. The van der Waals surface area contributed by atoms with E-state index in [-0.39, 0.29) is 5.78 Å². The maximum atomic E-state index is 12.1. The van der Waals surface area contributed by atoms with E-state index in [4.69, 9.17) is 9.47 Å². The minimum Gasteiger partial charge on any atom is -0.494 e. The number of ether oxygens (including phenoxy) is 2. The largest absolute Gasteiger partial charge is 0.494 e. The molecule has 0 radical (unpaired) electrons. The molecule has 0 amide bonds. The molecule has 0 atom stereocenters. The van der Waals surface area contributed by atoms with E-state index < -0.39 is 0 Å². The Bertz CT molecular complexity index is 1020. The van der Waals surface area contributed by atoms with Crippen molar-refractivity contribution in [1.29, 1.82) is 0 Å². The molecule has 0 aromatic heterocycles. The molecule has 0 aliphatic rings. The van der Waals surface area contributed by atoms with Crippen molar-refractivity contribution < 1.29 is 14.3 Å². The first-order chi connectivity index (χ1) is 16.2. The fourth-order valence-electron chi connectivity index (χ4n) is 3.35. The molecular weight excluding hydrogens is 408 g/mol. The molecule has 0 saturated carbocycles. The minimum atomic E-state index is 0.00336. The minimum absolute atomic E-state index is 0.00336. The Hall–Kier alpha value is -3.59. The van der Waals surface area contributed by atoms with Crippen molar-refractivity contribution in [1.82, 2.24) is 0 Å². The first-order valence-electron chi connectivity index (χ1n) is 11.6. The lowest BCUT2D eigenvalue weighted by Gasteiger charge is -2.08. The van der Waals surface area contributed by atoms with Crippen molar-refractivity contribution in [2.75, 3.05) is 13.2 Å². The van der Waals surface area contributed by atoms with E-state index >= 15 is 0 Å². The molecule has 3 nitrogen and oxygen atoms in total. The van der Waals surface area contributed by atoms with Gasteiger partial charge in [-0.2, -0.15) is 0 Å². The fraction of sp³-hybridized carbons (Fsp3) is 0.233. The summed E-state index contributed by atoms with van der Waals surface area (Å²) in [7, 11) is 0. The summed E-state index contributed by atoms with van der Waals surface area (Å²) < 4.78 is 11.6. The quantitative estimate of drug-likeness (QED) is 0.156. The first-order valence-corrected chi connectivity index (χ1v) is 11.6. The molecule has 0 spiro atoms. The van der Waals surface area contributed by atoms with Gasteiger partial charge in [-0.25, -0.2) is 0 Å². The van der Waals surface area contributed by atoms with Crippen molar-refractivity contribution in [2.24, 2.45) is 0 Å². The highest BCUT2D eigenvalue weighted by molar-refractivity contribution is 6.06. The number of hydrogen-bond acceptors (Lipinski definition) is 3. The zero-order valence-corrected chi connectivity index (χ0v) is 19.3. The van der Waals surface area contributed by atoms with Gasteiger partial charge in [0.2, 0.25) is 0 Å². The number of hydrogen-bond donors (Lipinski definition) is 0. The van der Waals surface area contributed by atoms with Crippen LogP contribution in [0, 0.1) is 0 Å². The van der Waals surface area contributed by atoms with E-state index in [0.717, 1.165) is 49.4 Å². The van der Waals surface area contributed by atoms with E-state index in [1.165, 1.54) is 5.56 Å². The molecule has 0 heterocycles. The van der Waals surface area contributed by atoms with Crippen LogP contribution in [0.25, 0.3) is 12.2 Å². The average Bonchev–Trinajstić information content (AvgIpc) is 2.86. The second-order valence-electron chi connectivity index (χ2n) is 7.81. The molecule has 3 aromatic carbocycles. The summed E-state index contributed by atoms with van der Waals surface area (Å²) in [6.45, 7) is 3.46. The standard InChI is InChI=1S/C30H32O3/c1-2-10-25-13-18-28(19-14-25)32-23-8-3-4-9-24-33-29-20-15-26(16-21-29)17-22-30(31)27-11-6-5-7-12-27/h2,5-7,10-22H,3-4,8-9,23-24H2,1H3/b10-2?,22-17+. The third-order valence-corrected chi connectivity index (χ3v) is 5.18. The molecular formula is C30H32O3. The molecule has 0 N–H and O–H groups in total. The van der Waals surface area contributed by atoms with Gasteiger partial charge in [0, 0.05) is 5.56 Å². The van der Waals surface area contributed by atoms with Crippen LogP contribution < -0.4 is 9.47 Å². The molecule has 0 aliphatic heterocycles. The van der Waals surface area contributed by atoms with Gasteiger partial charge in [0.15, 0.2) is 5.78 Å². The summed E-state index contributed by atoms with van der Waals surface area (Å²) in [5.74, 6) is 1.78. The van der Waals surface area contributed by atoms with Gasteiger partial charge in [0.05, 0.1) is 13.2 Å². The molecule has 33 heavy (non-hydrogen) atoms. The van der Waals surface area contributed by atoms with Gasteiger partial charge in [0.1, 0.15) is 11.5 Å². The van der Waals surface area contributed by atoms with Crippen molar-refractivity contribution in [2.45, 2.75) is 32.6 Å². The predicted octanol–water partition coefficient (Wildman–Crippen LogP) is 7.63. The Balaban J connectivity index is 1.26. The van der Waals surface area contributed by atoms with Crippen LogP contribution in [-0.2, 0) is 0 Å². The summed E-state index contributed by atoms with van der Waals surface area (Å²) >= 11 is 0. The van der Waals surface area contributed by atoms with Crippen LogP contribution in [0.5, 0.6) is 11.5 Å². The van der Waals surface area contributed by atoms with Crippen molar-refractivity contribution >= 4 is 17.9 Å². The van der Waals surface area contributed by atoms with Crippen molar-refractivity contribution in [3.8, 4) is 11.5 Å². The maximum absolute atomic E-state index is 12.1. The number of carbonyl (C=O) groups excluding carboxylic acids is 1. The molecule has 0 unspecified atom stereocenters. The third kappa shape index (κ3) is 8.82. The van der Waals surface area contributed by atoms with Crippen LogP contribution in [-0.4, -0.2) is 19.0 Å². The van der Waals surface area contributed by atoms with Crippen LogP contribution >= 0.6 is 0 Å². The Labute approximate surface area is 197 Å². The Morgan fingerprint density at radius 2 is 1.18 bits per heavy atom. The molecule has 3 heteroatoms. The zero-order valence-electron chi connectivity index (χ0n) is 19.3. The third-order valence-electron chi connectivity index (χ3n) is 5.18. The Morgan fingerprint density at radius 1 is 0.667 bits per heavy atom. The average molecular weight is 441 g/mol. The number of unbranched alkanes of at least 4 members (excludes halogenated alkanes) is 3. The summed E-state index contributed by atoms with van der Waals surface area (Å²) in [5.41, 5.74) is 2.86. The van der Waals surface area contributed by atoms with Gasteiger partial charge in [-0.15, -0.1) is 0 Å². The number of rotatable bonds is 13. The van der Waals surface area contributed by atoms with E-state index in [9.17, 15) is 4.79 Å². The monoisotopic (exact) mass is 440 g/mol. The van der Waals surface area contributed by atoms with Crippen LogP contribution in [0.4, 0.5) is 0 Å². The second kappa shape index (κ2) is 13.7. The summed E-state index contributed by atoms with van der Waals surface area (Å²) in [5, 5.41) is 0. The van der Waals surface area contributed by atoms with E-state index in [1.54, 1.807) is 6.08 Å². The maximum Gasteiger partial charge on any atom is 0.185 e. The zero-order chi connectivity index (χ0) is 23.1. The highest BCUT2D eigenvalue weighted by Gasteiger charge is 2.00. The smallest absolute Gasteiger partial charge is 0.185 e. The number of benzene rings is 3. The lowest BCUT2D eigenvalue weighted by Crippen LogP contribution is -2.00. The van der Waals surface area contributed by atoms with E-state index in [1.807, 2.05) is 85.8 Å². The Morgan fingerprint density at radius 3 is 1.70 bits per heavy atom. The van der Waals surface area contributed by atoms with Crippen molar-refractivity contribution in [3.05, 3.63) is 108 Å². The molecule has 3 aromatic rings. The highest BCUT2D eigenvalue weighted by Crippen LogP contribution is 2.16. The summed E-state index contributed by atoms with van der Waals surface area (Å²) in [4.78, 5) is 12.1. The van der Waals surface area contributed by atoms with Gasteiger partial charge in [-0.1, -0.05) is 72.8 Å². The fourth-order valence-corrected chi connectivity index (χ4v) is 3.35. The Kier molecular flexibility index (Phi) is 10.0. The topological polar surface area (TPSA) is 35.5 Å². The van der Waals surface area contributed by atoms with E-state index in [0.29, 0.717) is 12.2 Å². The normalized spacial score (nSPS) is 11.2. The number of carbonyl (C=O) groups is 1.